The standard InChI is InChI=1S/C15H19NO5/c1-10(15(18)19)16-14(17)11-4-2-5-12(8-11)21-9-13-6-3-7-20-13/h2,4-5,8,10,13H,3,6-7,9H2,1H3,(H,16,17)(H,18,19)/t10-,13+/m0/s1. The maximum absolute atomic E-state index is 11.9. The van der Waals surface area contributed by atoms with Gasteiger partial charge in [-0.2, -0.15) is 0 Å². The molecule has 0 aliphatic carbocycles. The van der Waals surface area contributed by atoms with E-state index in [0.29, 0.717) is 17.9 Å². The van der Waals surface area contributed by atoms with Crippen molar-refractivity contribution in [2.75, 3.05) is 13.2 Å². The average molecular weight is 293 g/mol. The van der Waals surface area contributed by atoms with Crippen LogP contribution in [0.25, 0.3) is 0 Å². The van der Waals surface area contributed by atoms with Crippen LogP contribution in [0, 0.1) is 0 Å². The molecule has 0 spiro atoms. The summed E-state index contributed by atoms with van der Waals surface area (Å²) in [6.07, 6.45) is 2.13. The minimum absolute atomic E-state index is 0.106. The van der Waals surface area contributed by atoms with Crippen LogP contribution in [0.5, 0.6) is 5.75 Å². The van der Waals surface area contributed by atoms with Crippen LogP contribution < -0.4 is 10.1 Å². The monoisotopic (exact) mass is 293 g/mol. The van der Waals surface area contributed by atoms with E-state index in [1.165, 1.54) is 6.92 Å². The molecule has 1 aromatic carbocycles. The molecule has 0 saturated carbocycles. The van der Waals surface area contributed by atoms with E-state index < -0.39 is 17.9 Å². The van der Waals surface area contributed by atoms with Crippen molar-refractivity contribution < 1.29 is 24.2 Å². The lowest BCUT2D eigenvalue weighted by atomic mass is 10.2. The van der Waals surface area contributed by atoms with E-state index >= 15 is 0 Å². The maximum atomic E-state index is 11.9. The van der Waals surface area contributed by atoms with Gasteiger partial charge in [-0.05, 0) is 38.0 Å². The highest BCUT2D eigenvalue weighted by Crippen LogP contribution is 2.17. The second-order valence-electron chi connectivity index (χ2n) is 5.01. The first-order valence-electron chi connectivity index (χ1n) is 6.94. The Morgan fingerprint density at radius 1 is 1.52 bits per heavy atom. The van der Waals surface area contributed by atoms with Crippen LogP contribution in [0.3, 0.4) is 0 Å². The molecule has 2 N–H and O–H groups in total. The molecule has 0 radical (unpaired) electrons. The molecule has 1 saturated heterocycles. The van der Waals surface area contributed by atoms with E-state index in [0.717, 1.165) is 19.4 Å². The van der Waals surface area contributed by atoms with Crippen molar-refractivity contribution in [1.82, 2.24) is 5.32 Å². The SMILES string of the molecule is C[C@H](NC(=O)c1cccc(OC[C@H]2CCCO2)c1)C(=O)O. The number of carbonyl (C=O) groups excluding carboxylic acids is 1. The predicted molar refractivity (Wildman–Crippen MR) is 75.5 cm³/mol. The van der Waals surface area contributed by atoms with Gasteiger partial charge in [0.1, 0.15) is 18.4 Å². The highest BCUT2D eigenvalue weighted by atomic mass is 16.5. The summed E-state index contributed by atoms with van der Waals surface area (Å²) >= 11 is 0. The smallest absolute Gasteiger partial charge is 0.325 e. The number of amides is 1. The van der Waals surface area contributed by atoms with Gasteiger partial charge in [-0.15, -0.1) is 0 Å². The summed E-state index contributed by atoms with van der Waals surface area (Å²) in [4.78, 5) is 22.6. The van der Waals surface area contributed by atoms with Crippen LogP contribution in [-0.2, 0) is 9.53 Å². The second kappa shape index (κ2) is 7.08. The van der Waals surface area contributed by atoms with E-state index in [-0.39, 0.29) is 6.10 Å². The Labute approximate surface area is 123 Å². The fourth-order valence-corrected chi connectivity index (χ4v) is 2.03. The van der Waals surface area contributed by atoms with Gasteiger partial charge in [0, 0.05) is 12.2 Å². The largest absolute Gasteiger partial charge is 0.491 e. The van der Waals surface area contributed by atoms with Gasteiger partial charge in [-0.25, -0.2) is 0 Å². The van der Waals surface area contributed by atoms with E-state index in [1.807, 2.05) is 0 Å². The lowest BCUT2D eigenvalue weighted by molar-refractivity contribution is -0.138. The van der Waals surface area contributed by atoms with E-state index in [2.05, 4.69) is 5.32 Å². The number of carboxylic acids is 1. The lowest BCUT2D eigenvalue weighted by Gasteiger charge is -2.13. The zero-order chi connectivity index (χ0) is 15.2. The van der Waals surface area contributed by atoms with Gasteiger partial charge in [0.05, 0.1) is 6.10 Å². The van der Waals surface area contributed by atoms with Gasteiger partial charge in [-0.1, -0.05) is 6.07 Å². The molecule has 21 heavy (non-hydrogen) atoms. The van der Waals surface area contributed by atoms with Crippen molar-refractivity contribution in [1.29, 1.82) is 0 Å². The first kappa shape index (κ1) is 15.3. The van der Waals surface area contributed by atoms with Crippen LogP contribution in [0.1, 0.15) is 30.1 Å². The topological polar surface area (TPSA) is 84.9 Å². The van der Waals surface area contributed by atoms with Gasteiger partial charge < -0.3 is 19.9 Å². The van der Waals surface area contributed by atoms with Crippen LogP contribution >= 0.6 is 0 Å². The number of aliphatic carboxylic acids is 1. The number of carboxylic acid groups (broad SMARTS) is 1. The second-order valence-corrected chi connectivity index (χ2v) is 5.01. The predicted octanol–water partition coefficient (Wildman–Crippen LogP) is 1.45. The molecule has 1 aliphatic rings. The maximum Gasteiger partial charge on any atom is 0.325 e. The first-order chi connectivity index (χ1) is 10.1. The summed E-state index contributed by atoms with van der Waals surface area (Å²) in [6.45, 7) is 2.64. The van der Waals surface area contributed by atoms with Crippen molar-refractivity contribution in [3.05, 3.63) is 29.8 Å². The van der Waals surface area contributed by atoms with Gasteiger partial charge in [-0.3, -0.25) is 9.59 Å². The first-order valence-corrected chi connectivity index (χ1v) is 6.94. The van der Waals surface area contributed by atoms with Crippen LogP contribution in [-0.4, -0.2) is 42.3 Å². The number of carbonyl (C=O) groups is 2. The Kier molecular flexibility index (Phi) is 5.16. The molecule has 2 atom stereocenters. The van der Waals surface area contributed by atoms with E-state index in [9.17, 15) is 9.59 Å². The molecule has 1 aliphatic heterocycles. The summed E-state index contributed by atoms with van der Waals surface area (Å²) < 4.78 is 11.1. The number of rotatable bonds is 6. The molecule has 0 aromatic heterocycles. The van der Waals surface area contributed by atoms with Crippen LogP contribution in [0.2, 0.25) is 0 Å². The summed E-state index contributed by atoms with van der Waals surface area (Å²) in [5.74, 6) is -0.942. The highest BCUT2D eigenvalue weighted by Gasteiger charge is 2.17. The molecule has 6 heteroatoms. The number of nitrogens with one attached hydrogen (secondary N) is 1. The Bertz CT molecular complexity index is 511. The molecule has 1 heterocycles. The third-order valence-electron chi connectivity index (χ3n) is 3.27. The van der Waals surface area contributed by atoms with Gasteiger partial charge in [0.2, 0.25) is 0 Å². The Morgan fingerprint density at radius 3 is 3.00 bits per heavy atom. The fraction of sp³-hybridized carbons (Fsp3) is 0.467. The Hall–Kier alpha value is -2.08. The number of hydrogen-bond donors (Lipinski definition) is 2. The highest BCUT2D eigenvalue weighted by molar-refractivity contribution is 5.96. The normalized spacial score (nSPS) is 19.0. The number of benzene rings is 1. The number of hydrogen-bond acceptors (Lipinski definition) is 4. The van der Waals surface area contributed by atoms with Crippen LogP contribution in [0.4, 0.5) is 0 Å². The zero-order valence-electron chi connectivity index (χ0n) is 11.9. The minimum Gasteiger partial charge on any atom is -0.491 e. The molecule has 2 rings (SSSR count). The average Bonchev–Trinajstić information content (AvgIpc) is 2.98. The van der Waals surface area contributed by atoms with Crippen LogP contribution in [0.15, 0.2) is 24.3 Å². The number of ether oxygens (including phenoxy) is 2. The summed E-state index contributed by atoms with van der Waals surface area (Å²) in [5, 5.41) is 11.2. The molecular weight excluding hydrogens is 274 g/mol. The summed E-state index contributed by atoms with van der Waals surface area (Å²) in [7, 11) is 0. The van der Waals surface area contributed by atoms with Crippen molar-refractivity contribution in [2.24, 2.45) is 0 Å². The molecule has 0 bridgehead atoms. The third-order valence-corrected chi connectivity index (χ3v) is 3.27. The minimum atomic E-state index is -1.07. The molecule has 0 unspecified atom stereocenters. The van der Waals surface area contributed by atoms with E-state index in [4.69, 9.17) is 14.6 Å². The zero-order valence-corrected chi connectivity index (χ0v) is 11.9. The quantitative estimate of drug-likeness (QED) is 0.829. The molecule has 114 valence electrons. The van der Waals surface area contributed by atoms with Crippen molar-refractivity contribution in [2.45, 2.75) is 31.9 Å². The van der Waals surface area contributed by atoms with Gasteiger partial charge in [0.25, 0.3) is 5.91 Å². The third kappa shape index (κ3) is 4.46. The fourth-order valence-electron chi connectivity index (χ4n) is 2.03. The Balaban J connectivity index is 1.93. The van der Waals surface area contributed by atoms with Crippen molar-refractivity contribution in [3.63, 3.8) is 0 Å². The van der Waals surface area contributed by atoms with Crippen molar-refractivity contribution in [3.8, 4) is 5.75 Å². The van der Waals surface area contributed by atoms with Crippen molar-refractivity contribution >= 4 is 11.9 Å². The summed E-state index contributed by atoms with van der Waals surface area (Å²) in [6, 6.07) is 5.73. The lowest BCUT2D eigenvalue weighted by Crippen LogP contribution is -2.38. The summed E-state index contributed by atoms with van der Waals surface area (Å²) in [5.41, 5.74) is 0.368. The molecule has 1 amide bonds. The Morgan fingerprint density at radius 2 is 2.33 bits per heavy atom. The van der Waals surface area contributed by atoms with Gasteiger partial charge >= 0.3 is 5.97 Å². The molecular formula is C15H19NO5. The molecule has 6 nitrogen and oxygen atoms in total. The molecule has 1 aromatic rings. The van der Waals surface area contributed by atoms with Gasteiger partial charge in [0.15, 0.2) is 0 Å². The molecule has 1 fully saturated rings. The van der Waals surface area contributed by atoms with E-state index in [1.54, 1.807) is 24.3 Å².